The highest BCUT2D eigenvalue weighted by Gasteiger charge is 2.10. The third-order valence-corrected chi connectivity index (χ3v) is 4.69. The van der Waals surface area contributed by atoms with Crippen molar-refractivity contribution in [3.8, 4) is 15.5 Å². The minimum Gasteiger partial charge on any atom is -0.495 e. The van der Waals surface area contributed by atoms with Crippen LogP contribution in [-0.2, 0) is 0 Å². The van der Waals surface area contributed by atoms with E-state index in [0.717, 1.165) is 16.3 Å². The second-order valence-corrected chi connectivity index (χ2v) is 5.76. The smallest absolute Gasteiger partial charge is 0.137 e. The van der Waals surface area contributed by atoms with Gasteiger partial charge in [-0.3, -0.25) is 4.99 Å². The molecule has 0 amide bonds. The third-order valence-electron chi connectivity index (χ3n) is 2.56. The summed E-state index contributed by atoms with van der Waals surface area (Å²) in [6.07, 6.45) is 7.78. The summed E-state index contributed by atoms with van der Waals surface area (Å²) < 4.78 is 5.43. The monoisotopic (exact) mass is 273 g/mol. The Morgan fingerprint density at radius 1 is 1.33 bits per heavy atom. The number of rotatable bonds is 3. The zero-order valence-electron chi connectivity index (χ0n) is 9.79. The Morgan fingerprint density at radius 2 is 2.28 bits per heavy atom. The summed E-state index contributed by atoms with van der Waals surface area (Å²) in [6, 6.07) is 6.28. The number of aliphatic imine (C=N–C) groups is 1. The summed E-state index contributed by atoms with van der Waals surface area (Å²) in [6.45, 7) is 0. The quantitative estimate of drug-likeness (QED) is 0.808. The van der Waals surface area contributed by atoms with Crippen molar-refractivity contribution in [1.82, 2.24) is 0 Å². The van der Waals surface area contributed by atoms with Gasteiger partial charge < -0.3 is 4.74 Å². The molecule has 4 heteroatoms. The van der Waals surface area contributed by atoms with Gasteiger partial charge in [-0.05, 0) is 29.7 Å². The molecule has 90 valence electrons. The first-order valence-corrected chi connectivity index (χ1v) is 7.20. The van der Waals surface area contributed by atoms with Crippen molar-refractivity contribution in [2.75, 3.05) is 7.11 Å². The lowest BCUT2D eigenvalue weighted by molar-refractivity contribution is 0.416. The molecular weight excluding hydrogens is 262 g/mol. The van der Waals surface area contributed by atoms with Gasteiger partial charge in [0.2, 0.25) is 0 Å². The second-order valence-electron chi connectivity index (χ2n) is 3.73. The lowest BCUT2D eigenvalue weighted by Gasteiger charge is -1.96. The Morgan fingerprint density at radius 3 is 2.94 bits per heavy atom. The van der Waals surface area contributed by atoms with Gasteiger partial charge in [-0.15, -0.1) is 22.7 Å². The predicted octanol–water partition coefficient (Wildman–Crippen LogP) is 4.47. The van der Waals surface area contributed by atoms with E-state index in [-0.39, 0.29) is 0 Å². The first-order chi connectivity index (χ1) is 8.86. The van der Waals surface area contributed by atoms with E-state index in [0.29, 0.717) is 0 Å². The van der Waals surface area contributed by atoms with Gasteiger partial charge in [0.15, 0.2) is 0 Å². The molecule has 3 heterocycles. The summed E-state index contributed by atoms with van der Waals surface area (Å²) in [5.41, 5.74) is 0.966. The van der Waals surface area contributed by atoms with Crippen molar-refractivity contribution < 1.29 is 4.74 Å². The molecule has 3 rings (SSSR count). The number of allylic oxidation sites excluding steroid dienone is 2. The molecule has 0 saturated carbocycles. The van der Waals surface area contributed by atoms with Gasteiger partial charge in [0, 0.05) is 22.0 Å². The maximum absolute atomic E-state index is 5.43. The van der Waals surface area contributed by atoms with Crippen LogP contribution < -0.4 is 4.74 Å². The molecule has 0 N–H and O–H groups in total. The van der Waals surface area contributed by atoms with Crippen LogP contribution in [0.3, 0.4) is 0 Å². The molecule has 1 aliphatic rings. The molecule has 0 unspecified atom stereocenters. The topological polar surface area (TPSA) is 21.6 Å². The van der Waals surface area contributed by atoms with E-state index < -0.39 is 0 Å². The van der Waals surface area contributed by atoms with E-state index in [2.05, 4.69) is 34.6 Å². The van der Waals surface area contributed by atoms with E-state index in [1.165, 1.54) is 9.75 Å². The lowest BCUT2D eigenvalue weighted by Crippen LogP contribution is -1.80. The van der Waals surface area contributed by atoms with Gasteiger partial charge in [0.25, 0.3) is 0 Å². The van der Waals surface area contributed by atoms with Crippen molar-refractivity contribution in [3.05, 3.63) is 46.3 Å². The van der Waals surface area contributed by atoms with E-state index in [9.17, 15) is 0 Å². The van der Waals surface area contributed by atoms with Crippen molar-refractivity contribution in [3.63, 3.8) is 0 Å². The van der Waals surface area contributed by atoms with Crippen LogP contribution in [0, 0.1) is 0 Å². The molecule has 1 aliphatic heterocycles. The van der Waals surface area contributed by atoms with Gasteiger partial charge >= 0.3 is 0 Å². The molecule has 0 fully saturated rings. The molecule has 18 heavy (non-hydrogen) atoms. The fraction of sp³-hybridized carbons (Fsp3) is 0.0714. The number of thiophene rings is 2. The van der Waals surface area contributed by atoms with Crippen molar-refractivity contribution in [1.29, 1.82) is 0 Å². The SMILES string of the molecule is COc1cc(-c2cccs2)sc1/C=C1\C=CC=N1. The van der Waals surface area contributed by atoms with Crippen molar-refractivity contribution in [2.24, 2.45) is 4.99 Å². The summed E-state index contributed by atoms with van der Waals surface area (Å²) in [5.74, 6) is 0.909. The molecule has 0 saturated heterocycles. The molecular formula is C14H11NOS2. The van der Waals surface area contributed by atoms with Gasteiger partial charge in [-0.25, -0.2) is 0 Å². The maximum atomic E-state index is 5.43. The minimum absolute atomic E-state index is 0.909. The zero-order chi connectivity index (χ0) is 12.4. The van der Waals surface area contributed by atoms with E-state index in [4.69, 9.17) is 4.74 Å². The van der Waals surface area contributed by atoms with Crippen LogP contribution in [0.4, 0.5) is 0 Å². The van der Waals surface area contributed by atoms with Crippen LogP contribution in [-0.4, -0.2) is 13.3 Å². The maximum Gasteiger partial charge on any atom is 0.137 e. The Kier molecular flexibility index (Phi) is 3.13. The Bertz CT molecular complexity index is 619. The lowest BCUT2D eigenvalue weighted by atomic mass is 10.3. The van der Waals surface area contributed by atoms with Crippen LogP contribution in [0.2, 0.25) is 0 Å². The fourth-order valence-corrected chi connectivity index (χ4v) is 3.62. The minimum atomic E-state index is 0.909. The molecule has 2 nitrogen and oxygen atoms in total. The van der Waals surface area contributed by atoms with Crippen LogP contribution in [0.25, 0.3) is 15.8 Å². The third kappa shape index (κ3) is 2.17. The van der Waals surface area contributed by atoms with Crippen molar-refractivity contribution >= 4 is 35.0 Å². The van der Waals surface area contributed by atoms with Gasteiger partial charge in [-0.2, -0.15) is 0 Å². The van der Waals surface area contributed by atoms with Crippen LogP contribution >= 0.6 is 22.7 Å². The molecule has 0 aliphatic carbocycles. The largest absolute Gasteiger partial charge is 0.495 e. The fourth-order valence-electron chi connectivity index (χ4n) is 1.72. The Hall–Kier alpha value is -1.65. The number of hydrogen-bond donors (Lipinski definition) is 0. The number of ether oxygens (including phenoxy) is 1. The first kappa shape index (κ1) is 11.4. The highest BCUT2D eigenvalue weighted by molar-refractivity contribution is 7.22. The summed E-state index contributed by atoms with van der Waals surface area (Å²) in [5, 5.41) is 2.09. The van der Waals surface area contributed by atoms with E-state index in [1.807, 2.05) is 12.2 Å². The molecule has 0 atom stereocenters. The highest BCUT2D eigenvalue weighted by Crippen LogP contribution is 2.39. The molecule has 0 radical (unpaired) electrons. The van der Waals surface area contributed by atoms with Gasteiger partial charge in [0.1, 0.15) is 5.75 Å². The Balaban J connectivity index is 2.01. The summed E-state index contributed by atoms with van der Waals surface area (Å²) in [7, 11) is 1.70. The first-order valence-electron chi connectivity index (χ1n) is 5.51. The van der Waals surface area contributed by atoms with E-state index in [1.54, 1.807) is 36.0 Å². The van der Waals surface area contributed by atoms with E-state index >= 15 is 0 Å². The normalized spacial score (nSPS) is 15.7. The zero-order valence-corrected chi connectivity index (χ0v) is 11.4. The highest BCUT2D eigenvalue weighted by atomic mass is 32.1. The molecule has 0 spiro atoms. The average Bonchev–Trinajstić information content (AvgIpc) is 3.10. The number of hydrogen-bond acceptors (Lipinski definition) is 4. The summed E-state index contributed by atoms with van der Waals surface area (Å²) in [4.78, 5) is 7.88. The standard InChI is InChI=1S/C14H11NOS2/c1-16-11-9-14(12-5-3-7-17-12)18-13(11)8-10-4-2-6-15-10/h2-9H,1H3/b10-8+. The van der Waals surface area contributed by atoms with Crippen LogP contribution in [0.1, 0.15) is 4.88 Å². The van der Waals surface area contributed by atoms with Gasteiger partial charge in [-0.1, -0.05) is 6.07 Å². The predicted molar refractivity (Wildman–Crippen MR) is 79.8 cm³/mol. The molecule has 2 aromatic heterocycles. The number of nitrogens with zero attached hydrogens (tertiary/aromatic N) is 1. The average molecular weight is 273 g/mol. The Labute approximate surface area is 114 Å². The van der Waals surface area contributed by atoms with Gasteiger partial charge in [0.05, 0.1) is 17.7 Å². The van der Waals surface area contributed by atoms with Crippen LogP contribution in [0.5, 0.6) is 5.75 Å². The summed E-state index contributed by atoms with van der Waals surface area (Å²) >= 11 is 3.47. The molecule has 0 bridgehead atoms. The molecule has 2 aromatic rings. The van der Waals surface area contributed by atoms with Crippen molar-refractivity contribution in [2.45, 2.75) is 0 Å². The molecule has 0 aromatic carbocycles. The number of methoxy groups -OCH3 is 1. The van der Waals surface area contributed by atoms with Crippen LogP contribution in [0.15, 0.2) is 46.4 Å². The second kappa shape index (κ2) is 4.92.